The molecule has 0 bridgehead atoms. The Morgan fingerprint density at radius 3 is 2.42 bits per heavy atom. The van der Waals surface area contributed by atoms with Crippen LogP contribution in [0.25, 0.3) is 10.9 Å². The lowest BCUT2D eigenvalue weighted by molar-refractivity contribution is 0.0694. The summed E-state index contributed by atoms with van der Waals surface area (Å²) in [5.74, 6) is -1.19. The molecule has 0 spiro atoms. The smallest absolute Gasteiger partial charge is 0.341 e. The molecule has 4 nitrogen and oxygen atoms in total. The number of aromatic nitrogens is 1. The van der Waals surface area contributed by atoms with E-state index in [4.69, 9.17) is 5.11 Å². The van der Waals surface area contributed by atoms with E-state index in [-0.39, 0.29) is 11.0 Å². The number of carbonyl (C=O) groups is 1. The maximum Gasteiger partial charge on any atom is 0.341 e. The zero-order valence-corrected chi connectivity index (χ0v) is 11.5. The van der Waals surface area contributed by atoms with Crippen LogP contribution in [0, 0.1) is 6.92 Å². The summed E-state index contributed by atoms with van der Waals surface area (Å²) in [6.07, 6.45) is 0. The Morgan fingerprint density at radius 2 is 1.89 bits per heavy atom. The van der Waals surface area contributed by atoms with Gasteiger partial charge in [0.15, 0.2) is 0 Å². The van der Waals surface area contributed by atoms with E-state index >= 15 is 0 Å². The quantitative estimate of drug-likeness (QED) is 0.827. The van der Waals surface area contributed by atoms with Crippen LogP contribution in [0.5, 0.6) is 0 Å². The Morgan fingerprint density at radius 1 is 1.26 bits per heavy atom. The van der Waals surface area contributed by atoms with E-state index in [1.807, 2.05) is 18.2 Å². The highest BCUT2D eigenvalue weighted by atomic mass is 16.4. The number of fused-ring (bicyclic) bond motifs is 1. The highest BCUT2D eigenvalue weighted by Gasteiger charge is 2.18. The number of carboxylic acid groups (broad SMARTS) is 1. The summed E-state index contributed by atoms with van der Waals surface area (Å²) in [5.41, 5.74) is 1.52. The molecule has 0 saturated heterocycles. The van der Waals surface area contributed by atoms with E-state index in [2.05, 4.69) is 25.8 Å². The summed E-state index contributed by atoms with van der Waals surface area (Å²) in [6.45, 7) is 7.95. The van der Waals surface area contributed by atoms with E-state index in [1.54, 1.807) is 6.92 Å². The van der Waals surface area contributed by atoms with Crippen molar-refractivity contribution >= 4 is 16.9 Å². The van der Waals surface area contributed by atoms with Crippen molar-refractivity contribution in [3.63, 3.8) is 0 Å². The molecule has 0 aliphatic heterocycles. The van der Waals surface area contributed by atoms with E-state index in [0.717, 1.165) is 10.9 Å². The van der Waals surface area contributed by atoms with Crippen LogP contribution >= 0.6 is 0 Å². The standard InChI is InChI=1S/C15H17NO3/c1-8-10-7-9(15(2,3)4)5-6-11(10)16-13(17)12(8)14(18)19/h5-7H,1-4H3,(H,16,17)(H,18,19). The van der Waals surface area contributed by atoms with Gasteiger partial charge in [0.2, 0.25) is 0 Å². The number of carboxylic acids is 1. The van der Waals surface area contributed by atoms with Crippen LogP contribution in [0.4, 0.5) is 0 Å². The van der Waals surface area contributed by atoms with Gasteiger partial charge in [-0.3, -0.25) is 4.79 Å². The molecule has 0 fully saturated rings. The number of aryl methyl sites for hydroxylation is 1. The number of aromatic carboxylic acids is 1. The fourth-order valence-electron chi connectivity index (χ4n) is 2.18. The molecule has 0 amide bonds. The molecule has 2 aromatic rings. The van der Waals surface area contributed by atoms with Gasteiger partial charge in [-0.1, -0.05) is 26.8 Å². The minimum Gasteiger partial charge on any atom is -0.477 e. The van der Waals surface area contributed by atoms with Crippen LogP contribution in [-0.4, -0.2) is 16.1 Å². The zero-order valence-electron chi connectivity index (χ0n) is 11.5. The Balaban J connectivity index is 2.86. The lowest BCUT2D eigenvalue weighted by Gasteiger charge is -2.20. The molecule has 0 unspecified atom stereocenters. The van der Waals surface area contributed by atoms with E-state index < -0.39 is 11.5 Å². The van der Waals surface area contributed by atoms with Gasteiger partial charge in [0.05, 0.1) is 0 Å². The molecule has 0 atom stereocenters. The molecule has 4 heteroatoms. The second-order valence-corrected chi connectivity index (χ2v) is 5.77. The average Bonchev–Trinajstić information content (AvgIpc) is 2.26. The minimum atomic E-state index is -1.19. The van der Waals surface area contributed by atoms with Crippen molar-refractivity contribution in [2.45, 2.75) is 33.1 Å². The first-order valence-corrected chi connectivity index (χ1v) is 6.12. The number of nitrogens with one attached hydrogen (secondary N) is 1. The number of benzene rings is 1. The van der Waals surface area contributed by atoms with Gasteiger partial charge in [0, 0.05) is 10.9 Å². The largest absolute Gasteiger partial charge is 0.477 e. The predicted molar refractivity (Wildman–Crippen MR) is 75.0 cm³/mol. The van der Waals surface area contributed by atoms with Gasteiger partial charge in [-0.25, -0.2) is 4.79 Å². The van der Waals surface area contributed by atoms with Gasteiger partial charge >= 0.3 is 5.97 Å². The van der Waals surface area contributed by atoms with E-state index in [1.165, 1.54) is 0 Å². The third-order valence-corrected chi connectivity index (χ3v) is 3.35. The molecular formula is C15H17NO3. The van der Waals surface area contributed by atoms with E-state index in [0.29, 0.717) is 11.1 Å². The fraction of sp³-hybridized carbons (Fsp3) is 0.333. The van der Waals surface area contributed by atoms with E-state index in [9.17, 15) is 9.59 Å². The predicted octanol–water partition coefficient (Wildman–Crippen LogP) is 2.83. The average molecular weight is 259 g/mol. The fourth-order valence-corrected chi connectivity index (χ4v) is 2.18. The Bertz CT molecular complexity index is 720. The summed E-state index contributed by atoms with van der Waals surface area (Å²) in [5, 5.41) is 9.90. The summed E-state index contributed by atoms with van der Waals surface area (Å²) < 4.78 is 0. The van der Waals surface area contributed by atoms with Gasteiger partial charge < -0.3 is 10.1 Å². The van der Waals surface area contributed by atoms with Crippen molar-refractivity contribution in [1.29, 1.82) is 0 Å². The lowest BCUT2D eigenvalue weighted by Crippen LogP contribution is -2.20. The van der Waals surface area contributed by atoms with Crippen molar-refractivity contribution in [3.8, 4) is 0 Å². The third kappa shape index (κ3) is 2.26. The van der Waals surface area contributed by atoms with Crippen LogP contribution in [0.1, 0.15) is 42.3 Å². The van der Waals surface area contributed by atoms with Crippen molar-refractivity contribution < 1.29 is 9.90 Å². The topological polar surface area (TPSA) is 70.2 Å². The highest BCUT2D eigenvalue weighted by Crippen LogP contribution is 2.27. The zero-order chi connectivity index (χ0) is 14.4. The molecule has 0 aliphatic carbocycles. The van der Waals surface area contributed by atoms with Crippen molar-refractivity contribution in [2.75, 3.05) is 0 Å². The summed E-state index contributed by atoms with van der Waals surface area (Å²) in [7, 11) is 0. The molecule has 0 aliphatic rings. The molecule has 1 aromatic carbocycles. The van der Waals surface area contributed by atoms with Gasteiger partial charge in [-0.15, -0.1) is 0 Å². The minimum absolute atomic E-state index is 0.0276. The first-order chi connectivity index (χ1) is 8.71. The van der Waals surface area contributed by atoms with Crippen LogP contribution < -0.4 is 5.56 Å². The molecule has 19 heavy (non-hydrogen) atoms. The van der Waals surface area contributed by atoms with Crippen molar-refractivity contribution in [1.82, 2.24) is 4.98 Å². The van der Waals surface area contributed by atoms with Crippen molar-refractivity contribution in [2.24, 2.45) is 0 Å². The van der Waals surface area contributed by atoms with Gasteiger partial charge in [-0.05, 0) is 35.6 Å². The number of hydrogen-bond acceptors (Lipinski definition) is 2. The molecular weight excluding hydrogens is 242 g/mol. The first kappa shape index (κ1) is 13.3. The lowest BCUT2D eigenvalue weighted by atomic mass is 9.85. The molecule has 100 valence electrons. The number of H-pyrrole nitrogens is 1. The summed E-state index contributed by atoms with van der Waals surface area (Å²) in [4.78, 5) is 25.5. The van der Waals surface area contributed by atoms with Crippen LogP contribution in [0.3, 0.4) is 0 Å². The molecule has 1 aromatic heterocycles. The summed E-state index contributed by atoms with van der Waals surface area (Å²) >= 11 is 0. The number of pyridine rings is 1. The number of aromatic amines is 1. The molecule has 2 N–H and O–H groups in total. The number of rotatable bonds is 1. The molecule has 0 radical (unpaired) electrons. The first-order valence-electron chi connectivity index (χ1n) is 6.12. The maximum atomic E-state index is 11.7. The SMILES string of the molecule is Cc1c(C(=O)O)c(=O)[nH]c2ccc(C(C)(C)C)cc12. The summed E-state index contributed by atoms with van der Waals surface area (Å²) in [6, 6.07) is 5.74. The Kier molecular flexibility index (Phi) is 2.97. The van der Waals surface area contributed by atoms with Gasteiger partial charge in [-0.2, -0.15) is 0 Å². The van der Waals surface area contributed by atoms with Crippen LogP contribution in [-0.2, 0) is 5.41 Å². The van der Waals surface area contributed by atoms with Crippen LogP contribution in [0.15, 0.2) is 23.0 Å². The second-order valence-electron chi connectivity index (χ2n) is 5.77. The van der Waals surface area contributed by atoms with Crippen molar-refractivity contribution in [3.05, 3.63) is 45.2 Å². The van der Waals surface area contributed by atoms with Crippen LogP contribution in [0.2, 0.25) is 0 Å². The monoisotopic (exact) mass is 259 g/mol. The Hall–Kier alpha value is -2.10. The maximum absolute atomic E-state index is 11.7. The second kappa shape index (κ2) is 4.23. The van der Waals surface area contributed by atoms with Gasteiger partial charge in [0.25, 0.3) is 5.56 Å². The molecule has 2 rings (SSSR count). The Labute approximate surface area is 111 Å². The normalized spacial score (nSPS) is 11.8. The molecule has 1 heterocycles. The number of hydrogen-bond donors (Lipinski definition) is 2. The van der Waals surface area contributed by atoms with Gasteiger partial charge in [0.1, 0.15) is 5.56 Å². The highest BCUT2D eigenvalue weighted by molar-refractivity contribution is 5.95. The molecule has 0 saturated carbocycles. The third-order valence-electron chi connectivity index (χ3n) is 3.35.